The molecule has 1 aromatic carbocycles. The van der Waals surface area contributed by atoms with Crippen LogP contribution in [0.4, 0.5) is 0 Å². The molecule has 3 atom stereocenters. The first kappa shape index (κ1) is 17.0. The van der Waals surface area contributed by atoms with Crippen LogP contribution >= 0.6 is 0 Å². The van der Waals surface area contributed by atoms with Gasteiger partial charge in [-0.25, -0.2) is 8.42 Å². The van der Waals surface area contributed by atoms with Gasteiger partial charge in [0.2, 0.25) is 5.91 Å². The second-order valence-corrected chi connectivity index (χ2v) is 8.58. The van der Waals surface area contributed by atoms with E-state index in [1.165, 1.54) is 12.1 Å². The van der Waals surface area contributed by atoms with Crippen molar-refractivity contribution in [2.45, 2.75) is 36.6 Å². The number of ketones is 1. The van der Waals surface area contributed by atoms with Crippen LogP contribution in [0, 0.1) is 11.8 Å². The van der Waals surface area contributed by atoms with Gasteiger partial charge in [-0.2, -0.15) is 0 Å². The number of rotatable bonds is 7. The first-order valence-corrected chi connectivity index (χ1v) is 10.00. The zero-order valence-electron chi connectivity index (χ0n) is 13.5. The van der Waals surface area contributed by atoms with Crippen molar-refractivity contribution in [1.29, 1.82) is 0 Å². The van der Waals surface area contributed by atoms with Crippen molar-refractivity contribution in [3.8, 4) is 5.75 Å². The summed E-state index contributed by atoms with van der Waals surface area (Å²) in [5.74, 6) is 1.20. The first-order valence-electron chi connectivity index (χ1n) is 8.10. The van der Waals surface area contributed by atoms with Gasteiger partial charge < -0.3 is 10.1 Å². The second-order valence-electron chi connectivity index (χ2n) is 6.56. The fourth-order valence-corrected chi connectivity index (χ4v) is 3.80. The summed E-state index contributed by atoms with van der Waals surface area (Å²) in [5, 5.41) is 2.79. The van der Waals surface area contributed by atoms with Crippen LogP contribution in [0.2, 0.25) is 0 Å². The molecule has 0 unspecified atom stereocenters. The van der Waals surface area contributed by atoms with Gasteiger partial charge in [-0.15, -0.1) is 0 Å². The Balaban J connectivity index is 1.39. The molecule has 0 radical (unpaired) electrons. The van der Waals surface area contributed by atoms with Gasteiger partial charge in [-0.05, 0) is 43.4 Å². The molecule has 130 valence electrons. The lowest BCUT2D eigenvalue weighted by Gasteiger charge is -2.13. The molecular weight excluding hydrogens is 330 g/mol. The maximum atomic E-state index is 11.9. The summed E-state index contributed by atoms with van der Waals surface area (Å²) in [6.45, 7) is 0.310. The van der Waals surface area contributed by atoms with Crippen LogP contribution in [-0.4, -0.2) is 39.0 Å². The zero-order valence-corrected chi connectivity index (χ0v) is 14.3. The number of hydrogen-bond acceptors (Lipinski definition) is 5. The highest BCUT2D eigenvalue weighted by atomic mass is 32.2. The van der Waals surface area contributed by atoms with E-state index >= 15 is 0 Å². The summed E-state index contributed by atoms with van der Waals surface area (Å²) >= 11 is 0. The van der Waals surface area contributed by atoms with Crippen molar-refractivity contribution in [2.75, 3.05) is 12.9 Å². The molecule has 1 amide bonds. The number of nitrogens with one attached hydrogen (secondary N) is 1. The molecule has 2 aliphatic carbocycles. The molecule has 1 N–H and O–H groups in total. The number of Topliss-reactive ketones (excluding diaryl/α,β-unsaturated/α-hetero) is 1. The largest absolute Gasteiger partial charge is 0.494 e. The number of sulfone groups is 1. The summed E-state index contributed by atoms with van der Waals surface area (Å²) in [7, 11) is -3.27. The van der Waals surface area contributed by atoms with E-state index < -0.39 is 9.84 Å². The lowest BCUT2D eigenvalue weighted by atomic mass is 10.1. The van der Waals surface area contributed by atoms with E-state index in [0.29, 0.717) is 24.7 Å². The Bertz CT molecular complexity index is 758. The van der Waals surface area contributed by atoms with Crippen molar-refractivity contribution >= 4 is 21.5 Å². The predicted molar refractivity (Wildman–Crippen MR) is 87.4 cm³/mol. The normalized spacial score (nSPS) is 25.2. The third-order valence-electron chi connectivity index (χ3n) is 4.56. The zero-order chi connectivity index (χ0) is 17.3. The van der Waals surface area contributed by atoms with Gasteiger partial charge in [0.15, 0.2) is 15.6 Å². The van der Waals surface area contributed by atoms with Crippen molar-refractivity contribution in [3.63, 3.8) is 0 Å². The van der Waals surface area contributed by atoms with E-state index in [1.54, 1.807) is 12.1 Å². The van der Waals surface area contributed by atoms with Crippen LogP contribution in [0.25, 0.3) is 0 Å². The average molecular weight is 351 g/mol. The standard InChI is InChI=1S/C17H21NO5S/c1-24(21,22)13-5-2-4-12(10-13)23-7-3-6-16(19)18-15-9-11-8-14(11)17(15)20/h2,4-5,10-11,14-15H,3,6-9H2,1H3,(H,18,19)/t11-,14-,15-/m0/s1. The molecule has 3 rings (SSSR count). The van der Waals surface area contributed by atoms with Crippen molar-refractivity contribution in [2.24, 2.45) is 11.8 Å². The molecule has 0 aromatic heterocycles. The quantitative estimate of drug-likeness (QED) is 0.749. The minimum absolute atomic E-state index is 0.136. The average Bonchev–Trinajstić information content (AvgIpc) is 3.23. The number of hydrogen-bond donors (Lipinski definition) is 1. The van der Waals surface area contributed by atoms with Crippen LogP contribution < -0.4 is 10.1 Å². The summed E-state index contributed by atoms with van der Waals surface area (Å²) in [5.41, 5.74) is 0. The Morgan fingerprint density at radius 3 is 2.79 bits per heavy atom. The molecule has 0 spiro atoms. The van der Waals surface area contributed by atoms with Gasteiger partial charge in [0, 0.05) is 18.6 Å². The van der Waals surface area contributed by atoms with E-state index in [2.05, 4.69) is 5.32 Å². The second kappa shape index (κ2) is 6.55. The van der Waals surface area contributed by atoms with E-state index in [4.69, 9.17) is 4.74 Å². The smallest absolute Gasteiger partial charge is 0.220 e. The summed E-state index contributed by atoms with van der Waals surface area (Å²) in [6.07, 6.45) is 3.70. The fraction of sp³-hybridized carbons (Fsp3) is 0.529. The topological polar surface area (TPSA) is 89.5 Å². The van der Waals surface area contributed by atoms with Crippen LogP contribution in [-0.2, 0) is 19.4 Å². The number of ether oxygens (including phenoxy) is 1. The number of carbonyl (C=O) groups excluding carboxylic acids is 2. The van der Waals surface area contributed by atoms with E-state index in [1.807, 2.05) is 0 Å². The highest BCUT2D eigenvalue weighted by Gasteiger charge is 2.53. The Labute approximate surface area is 141 Å². The Morgan fingerprint density at radius 2 is 2.12 bits per heavy atom. The summed E-state index contributed by atoms with van der Waals surface area (Å²) < 4.78 is 28.5. The number of fused-ring (bicyclic) bond motifs is 1. The van der Waals surface area contributed by atoms with E-state index in [0.717, 1.165) is 19.1 Å². The fourth-order valence-electron chi connectivity index (χ4n) is 3.15. The van der Waals surface area contributed by atoms with Crippen LogP contribution in [0.5, 0.6) is 5.75 Å². The lowest BCUT2D eigenvalue weighted by molar-refractivity contribution is -0.127. The molecule has 0 aliphatic heterocycles. The molecule has 7 heteroatoms. The molecular formula is C17H21NO5S. The molecule has 2 fully saturated rings. The van der Waals surface area contributed by atoms with Gasteiger partial charge in [-0.3, -0.25) is 9.59 Å². The first-order chi connectivity index (χ1) is 11.3. The Kier molecular flexibility index (Phi) is 4.62. The number of carbonyl (C=O) groups is 2. The highest BCUT2D eigenvalue weighted by Crippen LogP contribution is 2.49. The molecule has 0 heterocycles. The molecule has 1 aromatic rings. The van der Waals surface area contributed by atoms with Crippen LogP contribution in [0.3, 0.4) is 0 Å². The lowest BCUT2D eigenvalue weighted by Crippen LogP contribution is -2.39. The predicted octanol–water partition coefficient (Wildman–Crippen LogP) is 1.34. The molecule has 2 saturated carbocycles. The molecule has 0 bridgehead atoms. The van der Waals surface area contributed by atoms with Gasteiger partial charge in [-0.1, -0.05) is 6.07 Å². The van der Waals surface area contributed by atoms with Crippen LogP contribution in [0.1, 0.15) is 25.7 Å². The van der Waals surface area contributed by atoms with Gasteiger partial charge in [0.05, 0.1) is 17.5 Å². The minimum atomic E-state index is -3.27. The highest BCUT2D eigenvalue weighted by molar-refractivity contribution is 7.90. The van der Waals surface area contributed by atoms with E-state index in [9.17, 15) is 18.0 Å². The maximum Gasteiger partial charge on any atom is 0.220 e. The number of benzene rings is 1. The van der Waals surface area contributed by atoms with Crippen molar-refractivity contribution in [3.05, 3.63) is 24.3 Å². The molecule has 6 nitrogen and oxygen atoms in total. The molecule has 2 aliphatic rings. The van der Waals surface area contributed by atoms with Crippen molar-refractivity contribution in [1.82, 2.24) is 5.32 Å². The van der Waals surface area contributed by atoms with Crippen LogP contribution in [0.15, 0.2) is 29.2 Å². The van der Waals surface area contributed by atoms with Gasteiger partial charge >= 0.3 is 0 Å². The molecule has 24 heavy (non-hydrogen) atoms. The van der Waals surface area contributed by atoms with Gasteiger partial charge in [0.1, 0.15) is 5.75 Å². The van der Waals surface area contributed by atoms with Gasteiger partial charge in [0.25, 0.3) is 0 Å². The third kappa shape index (κ3) is 3.95. The van der Waals surface area contributed by atoms with E-state index in [-0.39, 0.29) is 35.0 Å². The minimum Gasteiger partial charge on any atom is -0.494 e. The molecule has 0 saturated heterocycles. The maximum absolute atomic E-state index is 11.9. The third-order valence-corrected chi connectivity index (χ3v) is 5.67. The number of amides is 1. The summed E-state index contributed by atoms with van der Waals surface area (Å²) in [6, 6.07) is 5.99. The summed E-state index contributed by atoms with van der Waals surface area (Å²) in [4.78, 5) is 23.9. The Hall–Kier alpha value is -1.89. The van der Waals surface area contributed by atoms with Crippen molar-refractivity contribution < 1.29 is 22.7 Å². The SMILES string of the molecule is CS(=O)(=O)c1cccc(OCCCC(=O)N[C@H]2C[C@@H]3C[C@@H]3C2=O)c1. The Morgan fingerprint density at radius 1 is 1.33 bits per heavy atom. The monoisotopic (exact) mass is 351 g/mol.